The predicted molar refractivity (Wildman–Crippen MR) is 87.0 cm³/mol. The van der Waals surface area contributed by atoms with Crippen LogP contribution >= 0.6 is 0 Å². The molecule has 3 aromatic rings. The first-order valence-corrected chi connectivity index (χ1v) is 8.51. The van der Waals surface area contributed by atoms with Crippen LogP contribution in [0.1, 0.15) is 18.5 Å². The standard InChI is InChI=1S/C17H15NO4S/c1-12(17(19)20)16-11-13-7-5-6-10-15(13)18(16)23(21,22)14-8-3-2-4-9-14/h2-12H,1H3,(H,19,20). The molecular weight excluding hydrogens is 314 g/mol. The highest BCUT2D eigenvalue weighted by molar-refractivity contribution is 7.90. The smallest absolute Gasteiger partial charge is 0.312 e. The average molecular weight is 329 g/mol. The summed E-state index contributed by atoms with van der Waals surface area (Å²) in [6, 6.07) is 16.6. The Kier molecular flexibility index (Phi) is 3.69. The van der Waals surface area contributed by atoms with Crippen LogP contribution in [-0.2, 0) is 14.8 Å². The van der Waals surface area contributed by atoms with Crippen molar-refractivity contribution in [3.8, 4) is 0 Å². The number of hydrogen-bond acceptors (Lipinski definition) is 3. The summed E-state index contributed by atoms with van der Waals surface area (Å²) in [6.45, 7) is 1.48. The van der Waals surface area contributed by atoms with Gasteiger partial charge in [-0.3, -0.25) is 4.79 Å². The lowest BCUT2D eigenvalue weighted by atomic mass is 10.1. The Morgan fingerprint density at radius 3 is 2.30 bits per heavy atom. The van der Waals surface area contributed by atoms with Crippen LogP contribution in [0.25, 0.3) is 10.9 Å². The Bertz CT molecular complexity index is 974. The first-order chi connectivity index (χ1) is 10.9. The molecule has 1 unspecified atom stereocenters. The van der Waals surface area contributed by atoms with E-state index in [4.69, 9.17) is 0 Å². The fourth-order valence-corrected chi connectivity index (χ4v) is 4.17. The van der Waals surface area contributed by atoms with Gasteiger partial charge < -0.3 is 5.11 Å². The van der Waals surface area contributed by atoms with E-state index in [0.717, 1.165) is 3.97 Å². The van der Waals surface area contributed by atoms with Crippen molar-refractivity contribution in [2.24, 2.45) is 0 Å². The average Bonchev–Trinajstić information content (AvgIpc) is 2.94. The van der Waals surface area contributed by atoms with Crippen molar-refractivity contribution in [1.82, 2.24) is 3.97 Å². The van der Waals surface area contributed by atoms with Gasteiger partial charge >= 0.3 is 5.97 Å². The van der Waals surface area contributed by atoms with E-state index in [1.54, 1.807) is 48.5 Å². The Labute approximate surface area is 133 Å². The first-order valence-electron chi connectivity index (χ1n) is 7.07. The summed E-state index contributed by atoms with van der Waals surface area (Å²) in [6.07, 6.45) is 0. The molecule has 3 rings (SSSR count). The highest BCUT2D eigenvalue weighted by atomic mass is 32.2. The maximum atomic E-state index is 13.0. The van der Waals surface area contributed by atoms with E-state index in [1.165, 1.54) is 19.1 Å². The Balaban J connectivity index is 2.36. The number of fused-ring (bicyclic) bond motifs is 1. The fourth-order valence-electron chi connectivity index (χ4n) is 2.55. The summed E-state index contributed by atoms with van der Waals surface area (Å²) in [5.74, 6) is -2.02. The molecule has 0 amide bonds. The highest BCUT2D eigenvalue weighted by Crippen LogP contribution is 2.30. The molecule has 0 radical (unpaired) electrons. The molecule has 2 aromatic carbocycles. The van der Waals surface area contributed by atoms with Crippen LogP contribution in [0.4, 0.5) is 0 Å². The van der Waals surface area contributed by atoms with E-state index in [2.05, 4.69) is 0 Å². The molecule has 23 heavy (non-hydrogen) atoms. The SMILES string of the molecule is CC(C(=O)O)c1cc2ccccc2n1S(=O)(=O)c1ccccc1. The molecule has 1 aromatic heterocycles. The van der Waals surface area contributed by atoms with Gasteiger partial charge in [0, 0.05) is 11.1 Å². The molecule has 0 saturated heterocycles. The number of hydrogen-bond donors (Lipinski definition) is 1. The first kappa shape index (κ1) is 15.3. The monoisotopic (exact) mass is 329 g/mol. The molecule has 1 atom stereocenters. The number of para-hydroxylation sites is 1. The molecule has 0 aliphatic carbocycles. The van der Waals surface area contributed by atoms with Gasteiger partial charge in [0.2, 0.25) is 0 Å². The maximum Gasteiger partial charge on any atom is 0.312 e. The van der Waals surface area contributed by atoms with Crippen LogP contribution in [0.5, 0.6) is 0 Å². The summed E-state index contributed by atoms with van der Waals surface area (Å²) in [4.78, 5) is 11.5. The molecular formula is C17H15NO4S. The number of nitrogens with zero attached hydrogens (tertiary/aromatic N) is 1. The largest absolute Gasteiger partial charge is 0.481 e. The van der Waals surface area contributed by atoms with Gasteiger partial charge in [0.15, 0.2) is 0 Å². The third kappa shape index (κ3) is 2.51. The topological polar surface area (TPSA) is 76.4 Å². The third-order valence-corrected chi connectivity index (χ3v) is 5.55. The summed E-state index contributed by atoms with van der Waals surface area (Å²) in [5.41, 5.74) is 0.710. The van der Waals surface area contributed by atoms with E-state index < -0.39 is 21.9 Å². The lowest BCUT2D eigenvalue weighted by Gasteiger charge is -2.14. The molecule has 0 fully saturated rings. The molecule has 0 aliphatic heterocycles. The van der Waals surface area contributed by atoms with Gasteiger partial charge in [-0.2, -0.15) is 0 Å². The summed E-state index contributed by atoms with van der Waals surface area (Å²) < 4.78 is 27.2. The molecule has 0 aliphatic rings. The van der Waals surface area contributed by atoms with Crippen molar-refractivity contribution >= 4 is 26.9 Å². The number of carbonyl (C=O) groups is 1. The Morgan fingerprint density at radius 2 is 1.65 bits per heavy atom. The zero-order valence-corrected chi connectivity index (χ0v) is 13.2. The van der Waals surface area contributed by atoms with Gasteiger partial charge in [0.05, 0.1) is 16.3 Å². The van der Waals surface area contributed by atoms with Crippen LogP contribution in [0, 0.1) is 0 Å². The molecule has 118 valence electrons. The zero-order valence-electron chi connectivity index (χ0n) is 12.4. The molecule has 1 heterocycles. The van der Waals surface area contributed by atoms with E-state index >= 15 is 0 Å². The second-order valence-electron chi connectivity index (χ2n) is 5.27. The lowest BCUT2D eigenvalue weighted by Crippen LogP contribution is -2.19. The minimum Gasteiger partial charge on any atom is -0.481 e. The van der Waals surface area contributed by atoms with Gasteiger partial charge in [-0.15, -0.1) is 0 Å². The van der Waals surface area contributed by atoms with Gasteiger partial charge in [-0.1, -0.05) is 36.4 Å². The summed E-state index contributed by atoms with van der Waals surface area (Å²) in [5, 5.41) is 10.0. The number of benzene rings is 2. The lowest BCUT2D eigenvalue weighted by molar-refractivity contribution is -0.138. The summed E-state index contributed by atoms with van der Waals surface area (Å²) in [7, 11) is -3.88. The number of aliphatic carboxylic acids is 1. The Morgan fingerprint density at radius 1 is 1.04 bits per heavy atom. The van der Waals surface area contributed by atoms with Crippen LogP contribution in [0.15, 0.2) is 65.6 Å². The maximum absolute atomic E-state index is 13.0. The molecule has 6 heteroatoms. The molecule has 1 N–H and O–H groups in total. The third-order valence-electron chi connectivity index (χ3n) is 3.79. The zero-order chi connectivity index (χ0) is 16.6. The van der Waals surface area contributed by atoms with Gasteiger partial charge in [0.25, 0.3) is 10.0 Å². The summed E-state index contributed by atoms with van der Waals surface area (Å²) >= 11 is 0. The number of carboxylic acid groups (broad SMARTS) is 1. The highest BCUT2D eigenvalue weighted by Gasteiger charge is 2.27. The van der Waals surface area contributed by atoms with Crippen molar-refractivity contribution in [2.75, 3.05) is 0 Å². The predicted octanol–water partition coefficient (Wildman–Crippen LogP) is 3.07. The van der Waals surface area contributed by atoms with Gasteiger partial charge in [0.1, 0.15) is 0 Å². The van der Waals surface area contributed by atoms with E-state index in [1.807, 2.05) is 0 Å². The van der Waals surface area contributed by atoms with Crippen LogP contribution in [-0.4, -0.2) is 23.5 Å². The van der Waals surface area contributed by atoms with Crippen molar-refractivity contribution < 1.29 is 18.3 Å². The Hall–Kier alpha value is -2.60. The minimum atomic E-state index is -3.88. The number of aromatic nitrogens is 1. The van der Waals surface area contributed by atoms with Crippen LogP contribution < -0.4 is 0 Å². The van der Waals surface area contributed by atoms with Crippen molar-refractivity contribution in [3.05, 3.63) is 66.4 Å². The van der Waals surface area contributed by atoms with Crippen molar-refractivity contribution in [2.45, 2.75) is 17.7 Å². The molecule has 0 bridgehead atoms. The van der Waals surface area contributed by atoms with Crippen LogP contribution in [0.3, 0.4) is 0 Å². The van der Waals surface area contributed by atoms with E-state index in [-0.39, 0.29) is 10.6 Å². The van der Waals surface area contributed by atoms with Gasteiger partial charge in [-0.05, 0) is 31.2 Å². The molecule has 0 spiro atoms. The minimum absolute atomic E-state index is 0.125. The molecule has 0 saturated carbocycles. The second kappa shape index (κ2) is 5.55. The number of carboxylic acids is 1. The van der Waals surface area contributed by atoms with E-state index in [9.17, 15) is 18.3 Å². The van der Waals surface area contributed by atoms with Gasteiger partial charge in [-0.25, -0.2) is 12.4 Å². The quantitative estimate of drug-likeness (QED) is 0.798. The number of rotatable bonds is 4. The fraction of sp³-hybridized carbons (Fsp3) is 0.118. The molecule has 5 nitrogen and oxygen atoms in total. The van der Waals surface area contributed by atoms with Crippen molar-refractivity contribution in [3.63, 3.8) is 0 Å². The van der Waals surface area contributed by atoms with Crippen molar-refractivity contribution in [1.29, 1.82) is 0 Å². The normalized spacial score (nSPS) is 13.1. The van der Waals surface area contributed by atoms with E-state index in [0.29, 0.717) is 10.9 Å². The van der Waals surface area contributed by atoms with Crippen LogP contribution in [0.2, 0.25) is 0 Å². The second-order valence-corrected chi connectivity index (χ2v) is 7.06.